The highest BCUT2D eigenvalue weighted by Gasteiger charge is 2.16. The third-order valence-electron chi connectivity index (χ3n) is 5.49. The Morgan fingerprint density at radius 2 is 1.91 bits per heavy atom. The number of hydrogen-bond acceptors (Lipinski definition) is 6. The second-order valence-corrected chi connectivity index (χ2v) is 8.77. The van der Waals surface area contributed by atoms with Crippen LogP contribution in [0.25, 0.3) is 28.6 Å². The van der Waals surface area contributed by atoms with Crippen molar-refractivity contribution in [2.45, 2.75) is 19.3 Å². The third kappa shape index (κ3) is 4.29. The minimum atomic E-state index is -0.566. The molecule has 0 atom stereocenters. The van der Waals surface area contributed by atoms with E-state index in [9.17, 15) is 14.0 Å². The minimum Gasteiger partial charge on any atom is -0.457 e. The van der Waals surface area contributed by atoms with Gasteiger partial charge in [0.15, 0.2) is 5.49 Å². The van der Waals surface area contributed by atoms with Crippen LogP contribution in [0.4, 0.5) is 4.39 Å². The van der Waals surface area contributed by atoms with Gasteiger partial charge in [-0.1, -0.05) is 11.3 Å². The average molecular weight is 466 g/mol. The minimum absolute atomic E-state index is 0.0514. The standard InChI is InChI=1S/C23H20FN5O3S/c24-15-6-4-14(5-7-15)18-9-8-16(32-18)12-17-21(25)29-23(26-22(17)31)33-19(27-29)13-20(30)28-10-2-1-3-11-28/h4-9,12-13,25,27H,1-3,10-11H2/b17-12-,19-13+,25-21?. The summed E-state index contributed by atoms with van der Waals surface area (Å²) in [6.07, 6.45) is 6.06. The maximum absolute atomic E-state index is 13.2. The summed E-state index contributed by atoms with van der Waals surface area (Å²) in [7, 11) is 0. The number of fused-ring (bicyclic) bond motifs is 1. The van der Waals surface area contributed by atoms with E-state index in [4.69, 9.17) is 9.83 Å². The molecule has 2 aromatic rings. The van der Waals surface area contributed by atoms with Crippen LogP contribution in [-0.2, 0) is 4.79 Å². The number of likely N-dealkylation sites (tertiary alicyclic amines) is 1. The van der Waals surface area contributed by atoms with Crippen molar-refractivity contribution >= 4 is 29.4 Å². The van der Waals surface area contributed by atoms with Crippen molar-refractivity contribution in [3.63, 3.8) is 0 Å². The molecule has 1 amide bonds. The summed E-state index contributed by atoms with van der Waals surface area (Å²) in [5, 5.41) is 11.8. The molecule has 8 nitrogen and oxygen atoms in total. The van der Waals surface area contributed by atoms with Crippen LogP contribution in [0.15, 0.2) is 45.6 Å². The van der Waals surface area contributed by atoms with Crippen LogP contribution in [0.5, 0.6) is 0 Å². The number of H-pyrrole nitrogens is 1. The van der Waals surface area contributed by atoms with Gasteiger partial charge < -0.3 is 9.32 Å². The van der Waals surface area contributed by atoms with Crippen LogP contribution < -0.4 is 20.9 Å². The maximum atomic E-state index is 13.2. The molecule has 0 aliphatic carbocycles. The van der Waals surface area contributed by atoms with Gasteiger partial charge in [-0.05, 0) is 61.7 Å². The van der Waals surface area contributed by atoms with Crippen molar-refractivity contribution in [2.24, 2.45) is 0 Å². The SMILES string of the molecule is N=c1/c(=C/c2ccc(-c3ccc(F)cc3)o2)c(=O)nc2s/c(=C/C(=O)N3CCCCC3)[nH]n1-2. The van der Waals surface area contributed by atoms with Gasteiger partial charge >= 0.3 is 0 Å². The Labute approximate surface area is 190 Å². The fraction of sp³-hybridized carbons (Fsp3) is 0.217. The number of amides is 1. The maximum Gasteiger partial charge on any atom is 0.283 e. The summed E-state index contributed by atoms with van der Waals surface area (Å²) < 4.78 is 20.8. The topological polar surface area (TPSA) is 108 Å². The fourth-order valence-electron chi connectivity index (χ4n) is 3.77. The predicted molar refractivity (Wildman–Crippen MR) is 121 cm³/mol. The second-order valence-electron chi connectivity index (χ2n) is 7.76. The molecule has 2 N–H and O–H groups in total. The number of nitrogens with one attached hydrogen (secondary N) is 2. The Balaban J connectivity index is 1.51. The zero-order valence-corrected chi connectivity index (χ0v) is 18.3. The van der Waals surface area contributed by atoms with Crippen molar-refractivity contribution < 1.29 is 13.6 Å². The summed E-state index contributed by atoms with van der Waals surface area (Å²) in [4.78, 5) is 31.0. The van der Waals surface area contributed by atoms with Crippen LogP contribution in [0.3, 0.4) is 0 Å². The van der Waals surface area contributed by atoms with E-state index in [1.807, 2.05) is 0 Å². The predicted octanol–water partition coefficient (Wildman–Crippen LogP) is 1.56. The first kappa shape index (κ1) is 21.1. The van der Waals surface area contributed by atoms with E-state index < -0.39 is 5.56 Å². The van der Waals surface area contributed by atoms with Crippen LogP contribution in [0.1, 0.15) is 25.0 Å². The van der Waals surface area contributed by atoms with Gasteiger partial charge in [-0.15, -0.1) is 0 Å². The van der Waals surface area contributed by atoms with Crippen molar-refractivity contribution in [2.75, 3.05) is 13.1 Å². The van der Waals surface area contributed by atoms with Crippen molar-refractivity contribution in [1.82, 2.24) is 19.7 Å². The Kier molecular flexibility index (Phi) is 5.51. The van der Waals surface area contributed by atoms with E-state index in [-0.39, 0.29) is 22.4 Å². The van der Waals surface area contributed by atoms with Crippen LogP contribution >= 0.6 is 11.3 Å². The Bertz CT molecular complexity index is 1520. The molecule has 0 bridgehead atoms. The number of aromatic nitrogens is 3. The summed E-state index contributed by atoms with van der Waals surface area (Å²) in [5.41, 5.74) is 0.0344. The number of piperidine rings is 1. The van der Waals surface area contributed by atoms with E-state index in [1.54, 1.807) is 29.2 Å². The molecule has 1 aromatic carbocycles. The van der Waals surface area contributed by atoms with Crippen molar-refractivity contribution in [3.8, 4) is 16.5 Å². The highest BCUT2D eigenvalue weighted by Crippen LogP contribution is 2.22. The number of furan rings is 1. The second kappa shape index (κ2) is 8.62. The normalized spacial score (nSPS) is 15.5. The Morgan fingerprint density at radius 1 is 1.15 bits per heavy atom. The smallest absolute Gasteiger partial charge is 0.283 e. The Morgan fingerprint density at radius 3 is 2.67 bits per heavy atom. The van der Waals surface area contributed by atoms with Gasteiger partial charge in [0.2, 0.25) is 11.0 Å². The summed E-state index contributed by atoms with van der Waals surface area (Å²) in [5.74, 6) is 0.438. The summed E-state index contributed by atoms with van der Waals surface area (Å²) in [6, 6.07) is 9.25. The largest absolute Gasteiger partial charge is 0.457 e. The molecule has 33 heavy (non-hydrogen) atoms. The molecule has 168 valence electrons. The van der Waals surface area contributed by atoms with Gasteiger partial charge in [-0.3, -0.25) is 20.1 Å². The number of hydrogen-bond donors (Lipinski definition) is 2. The highest BCUT2D eigenvalue weighted by atomic mass is 32.1. The molecule has 1 saturated heterocycles. The first-order valence-corrected chi connectivity index (χ1v) is 11.3. The molecule has 5 rings (SSSR count). The molecule has 3 aliphatic heterocycles. The number of carbonyl (C=O) groups excluding carboxylic acids is 1. The van der Waals surface area contributed by atoms with E-state index in [0.29, 0.717) is 26.9 Å². The monoisotopic (exact) mass is 465 g/mol. The van der Waals surface area contributed by atoms with Crippen LogP contribution in [0, 0.1) is 11.2 Å². The number of aromatic amines is 1. The lowest BCUT2D eigenvalue weighted by molar-refractivity contribution is -0.125. The molecule has 10 heteroatoms. The first-order valence-electron chi connectivity index (χ1n) is 10.5. The molecule has 0 saturated carbocycles. The molecule has 1 fully saturated rings. The molecular formula is C23H20FN5O3S. The zero-order chi connectivity index (χ0) is 22.9. The molecular weight excluding hydrogens is 445 g/mol. The summed E-state index contributed by atoms with van der Waals surface area (Å²) in [6.45, 7) is 1.48. The fourth-order valence-corrected chi connectivity index (χ4v) is 4.62. The molecule has 3 aliphatic rings. The number of nitrogens with zero attached hydrogens (tertiary/aromatic N) is 3. The molecule has 1 aromatic heterocycles. The lowest BCUT2D eigenvalue weighted by atomic mass is 10.1. The third-order valence-corrected chi connectivity index (χ3v) is 6.37. The van der Waals surface area contributed by atoms with E-state index in [0.717, 1.165) is 43.7 Å². The van der Waals surface area contributed by atoms with E-state index >= 15 is 0 Å². The van der Waals surface area contributed by atoms with Gasteiger partial charge in [0, 0.05) is 24.7 Å². The zero-order valence-electron chi connectivity index (χ0n) is 17.5. The van der Waals surface area contributed by atoms with Crippen molar-refractivity contribution in [3.05, 3.63) is 73.7 Å². The lowest BCUT2D eigenvalue weighted by Gasteiger charge is -2.25. The van der Waals surface area contributed by atoms with E-state index in [2.05, 4.69) is 10.1 Å². The quantitative estimate of drug-likeness (QED) is 0.479. The number of carbonyl (C=O) groups is 1. The van der Waals surface area contributed by atoms with Gasteiger partial charge in [0.05, 0.1) is 5.22 Å². The average Bonchev–Trinajstić information content (AvgIpc) is 3.45. The van der Waals surface area contributed by atoms with Crippen LogP contribution in [0.2, 0.25) is 0 Å². The molecule has 0 radical (unpaired) electrons. The first-order chi connectivity index (χ1) is 16.0. The van der Waals surface area contributed by atoms with Crippen LogP contribution in [-0.4, -0.2) is 38.7 Å². The lowest BCUT2D eigenvalue weighted by Crippen LogP contribution is -2.47. The van der Waals surface area contributed by atoms with Gasteiger partial charge in [0.25, 0.3) is 5.56 Å². The van der Waals surface area contributed by atoms with Gasteiger partial charge in [-0.25, -0.2) is 9.07 Å². The van der Waals surface area contributed by atoms with Crippen molar-refractivity contribution in [1.29, 1.82) is 5.41 Å². The number of rotatable bonds is 3. The molecule has 4 heterocycles. The van der Waals surface area contributed by atoms with E-state index in [1.165, 1.54) is 29.0 Å². The van der Waals surface area contributed by atoms with Gasteiger partial charge in [-0.2, -0.15) is 4.98 Å². The summed E-state index contributed by atoms with van der Waals surface area (Å²) >= 11 is 1.14. The molecule has 0 spiro atoms. The molecule has 0 unspecified atom stereocenters. The number of benzene rings is 1. The Hall–Kier alpha value is -3.79. The number of halogens is 1. The highest BCUT2D eigenvalue weighted by molar-refractivity contribution is 7.11. The van der Waals surface area contributed by atoms with Gasteiger partial charge in [0.1, 0.15) is 22.0 Å².